The van der Waals surface area contributed by atoms with E-state index in [-0.39, 0.29) is 11.7 Å². The number of aliphatic hydroxyl groups is 1. The molecule has 0 saturated carbocycles. The molecular formula is C22H16Cl2FNOS. The largest absolute Gasteiger partial charge is 0.384 e. The van der Waals surface area contributed by atoms with Crippen LogP contribution in [0.2, 0.25) is 10.0 Å². The number of benzene rings is 2. The smallest absolute Gasteiger partial charge is 0.128 e. The Labute approximate surface area is 177 Å². The first-order chi connectivity index (χ1) is 13.5. The lowest BCUT2D eigenvalue weighted by molar-refractivity contribution is 0.210. The molecule has 2 heterocycles. The Morgan fingerprint density at radius 2 is 1.82 bits per heavy atom. The monoisotopic (exact) mass is 431 g/mol. The number of hydrogen-bond donors (Lipinski definition) is 1. The average molecular weight is 432 g/mol. The van der Waals surface area contributed by atoms with Gasteiger partial charge in [-0.25, -0.2) is 4.39 Å². The lowest BCUT2D eigenvalue weighted by Crippen LogP contribution is -2.12. The van der Waals surface area contributed by atoms with Gasteiger partial charge in [-0.15, -0.1) is 11.8 Å². The molecule has 142 valence electrons. The van der Waals surface area contributed by atoms with Crippen LogP contribution < -0.4 is 0 Å². The third-order valence-corrected chi connectivity index (χ3v) is 6.52. The second-order valence-corrected chi connectivity index (χ2v) is 8.41. The maximum absolute atomic E-state index is 14.7. The molecule has 4 rings (SSSR count). The number of hydrogen-bond acceptors (Lipinski definition) is 3. The minimum absolute atomic E-state index is 0.275. The van der Waals surface area contributed by atoms with E-state index in [1.165, 1.54) is 6.07 Å². The Morgan fingerprint density at radius 1 is 1.07 bits per heavy atom. The molecule has 28 heavy (non-hydrogen) atoms. The fourth-order valence-electron chi connectivity index (χ4n) is 3.42. The van der Waals surface area contributed by atoms with E-state index in [0.717, 1.165) is 16.0 Å². The van der Waals surface area contributed by atoms with Gasteiger partial charge in [0.25, 0.3) is 0 Å². The Kier molecular flexibility index (Phi) is 5.74. The third-order valence-electron chi connectivity index (χ3n) is 4.77. The van der Waals surface area contributed by atoms with Crippen molar-refractivity contribution in [3.8, 4) is 0 Å². The molecule has 0 saturated heterocycles. The molecule has 0 radical (unpaired) electrons. The maximum atomic E-state index is 14.7. The summed E-state index contributed by atoms with van der Waals surface area (Å²) in [5.41, 5.74) is 2.91. The minimum Gasteiger partial charge on any atom is -0.384 e. The van der Waals surface area contributed by atoms with Crippen LogP contribution >= 0.6 is 35.0 Å². The van der Waals surface area contributed by atoms with Crippen molar-refractivity contribution >= 4 is 39.9 Å². The van der Waals surface area contributed by atoms with Crippen molar-refractivity contribution in [3.05, 3.63) is 105 Å². The maximum Gasteiger partial charge on any atom is 0.128 e. The Hall–Kier alpha value is -1.85. The van der Waals surface area contributed by atoms with Crippen molar-refractivity contribution in [2.24, 2.45) is 0 Å². The van der Waals surface area contributed by atoms with Gasteiger partial charge in [-0.3, -0.25) is 4.98 Å². The highest BCUT2D eigenvalue weighted by Gasteiger charge is 2.35. The van der Waals surface area contributed by atoms with Gasteiger partial charge in [0.1, 0.15) is 11.9 Å². The predicted molar refractivity (Wildman–Crippen MR) is 114 cm³/mol. The van der Waals surface area contributed by atoms with E-state index in [0.29, 0.717) is 26.9 Å². The second kappa shape index (κ2) is 8.26. The molecule has 6 heteroatoms. The molecule has 1 aromatic heterocycles. The van der Waals surface area contributed by atoms with E-state index in [4.69, 9.17) is 23.2 Å². The Morgan fingerprint density at radius 3 is 2.50 bits per heavy atom. The molecule has 2 unspecified atom stereocenters. The van der Waals surface area contributed by atoms with Gasteiger partial charge in [0.2, 0.25) is 0 Å². The first-order valence-electron chi connectivity index (χ1n) is 8.70. The first kappa shape index (κ1) is 19.5. The fourth-order valence-corrected chi connectivity index (χ4v) is 5.12. The quantitative estimate of drug-likeness (QED) is 0.511. The molecule has 0 fully saturated rings. The number of halogens is 3. The molecule has 1 aliphatic rings. The zero-order chi connectivity index (χ0) is 19.7. The molecule has 1 aliphatic heterocycles. The van der Waals surface area contributed by atoms with E-state index in [1.807, 2.05) is 30.3 Å². The summed E-state index contributed by atoms with van der Waals surface area (Å²) in [6.07, 6.45) is 2.40. The molecule has 0 bridgehead atoms. The van der Waals surface area contributed by atoms with Crippen molar-refractivity contribution < 1.29 is 9.50 Å². The molecule has 1 N–H and O–H groups in total. The highest BCUT2D eigenvalue weighted by Crippen LogP contribution is 2.51. The molecule has 0 aliphatic carbocycles. The van der Waals surface area contributed by atoms with Crippen molar-refractivity contribution in [2.75, 3.05) is 5.75 Å². The molecule has 2 nitrogen and oxygen atoms in total. The number of thioether (sulfide) groups is 1. The molecular weight excluding hydrogens is 416 g/mol. The van der Waals surface area contributed by atoms with E-state index >= 15 is 0 Å². The number of aromatic nitrogens is 1. The van der Waals surface area contributed by atoms with Gasteiger partial charge in [-0.2, -0.15) is 0 Å². The van der Waals surface area contributed by atoms with Gasteiger partial charge in [-0.1, -0.05) is 47.5 Å². The summed E-state index contributed by atoms with van der Waals surface area (Å²) in [7, 11) is 0. The van der Waals surface area contributed by atoms with E-state index in [9.17, 15) is 9.50 Å². The number of nitrogens with zero attached hydrogens (tertiary/aromatic N) is 1. The number of pyridine rings is 1. The molecule has 2 aromatic carbocycles. The van der Waals surface area contributed by atoms with Gasteiger partial charge in [0, 0.05) is 44.6 Å². The normalized spacial score (nSPS) is 17.8. The van der Waals surface area contributed by atoms with Crippen molar-refractivity contribution in [3.63, 3.8) is 0 Å². The summed E-state index contributed by atoms with van der Waals surface area (Å²) >= 11 is 13.6. The van der Waals surface area contributed by atoms with Crippen LogP contribution in [-0.4, -0.2) is 15.8 Å². The van der Waals surface area contributed by atoms with Gasteiger partial charge < -0.3 is 5.11 Å². The standard InChI is InChI=1S/C22H16Cl2FNOS/c23-15-5-3-13(4-6-15)22-20(21(27)14-2-1-9-26-11-14)18(12-28-22)17-8-7-16(24)10-19(17)25/h1-11,18,21,27H,12H2. The van der Waals surface area contributed by atoms with Crippen LogP contribution in [0.1, 0.15) is 28.7 Å². The molecule has 0 amide bonds. The highest BCUT2D eigenvalue weighted by molar-refractivity contribution is 8.08. The van der Waals surface area contributed by atoms with Crippen LogP contribution in [0.25, 0.3) is 4.91 Å². The van der Waals surface area contributed by atoms with Crippen molar-refractivity contribution in [1.82, 2.24) is 4.98 Å². The summed E-state index contributed by atoms with van der Waals surface area (Å²) in [5.74, 6) is -0.0158. The number of aliphatic hydroxyl groups excluding tert-OH is 1. The summed E-state index contributed by atoms with van der Waals surface area (Å²) in [6.45, 7) is 0. The lowest BCUT2D eigenvalue weighted by atomic mass is 9.85. The molecule has 3 aromatic rings. The Bertz CT molecular complexity index is 1020. The molecule has 0 spiro atoms. The zero-order valence-corrected chi connectivity index (χ0v) is 17.0. The van der Waals surface area contributed by atoms with E-state index in [2.05, 4.69) is 4.98 Å². The van der Waals surface area contributed by atoms with Gasteiger partial charge >= 0.3 is 0 Å². The van der Waals surface area contributed by atoms with Crippen molar-refractivity contribution in [1.29, 1.82) is 0 Å². The third kappa shape index (κ3) is 3.83. The predicted octanol–water partition coefficient (Wildman–Crippen LogP) is 6.50. The summed E-state index contributed by atoms with van der Waals surface area (Å²) in [4.78, 5) is 5.05. The SMILES string of the molecule is OC(C1=C(c2ccc(Cl)cc2)SCC1c1ccc(Cl)cc1F)c1cccnc1. The number of rotatable bonds is 4. The van der Waals surface area contributed by atoms with Gasteiger partial charge in [0.05, 0.1) is 0 Å². The summed E-state index contributed by atoms with van der Waals surface area (Å²) in [6, 6.07) is 15.8. The van der Waals surface area contributed by atoms with Crippen LogP contribution in [-0.2, 0) is 0 Å². The van der Waals surface area contributed by atoms with Crippen LogP contribution in [0, 0.1) is 5.82 Å². The fraction of sp³-hybridized carbons (Fsp3) is 0.136. The zero-order valence-electron chi connectivity index (χ0n) is 14.6. The van der Waals surface area contributed by atoms with Gasteiger partial charge in [0.15, 0.2) is 0 Å². The molecule has 2 atom stereocenters. The second-order valence-electron chi connectivity index (χ2n) is 6.51. The summed E-state index contributed by atoms with van der Waals surface area (Å²) in [5, 5.41) is 12.2. The lowest BCUT2D eigenvalue weighted by Gasteiger charge is -2.22. The van der Waals surface area contributed by atoms with E-state index in [1.54, 1.807) is 42.4 Å². The Balaban J connectivity index is 1.86. The van der Waals surface area contributed by atoms with E-state index < -0.39 is 6.10 Å². The first-order valence-corrected chi connectivity index (χ1v) is 10.4. The summed E-state index contributed by atoms with van der Waals surface area (Å²) < 4.78 is 14.7. The highest BCUT2D eigenvalue weighted by atomic mass is 35.5. The van der Waals surface area contributed by atoms with Crippen molar-refractivity contribution in [2.45, 2.75) is 12.0 Å². The van der Waals surface area contributed by atoms with Crippen LogP contribution in [0.3, 0.4) is 0 Å². The van der Waals surface area contributed by atoms with Gasteiger partial charge in [-0.05, 0) is 47.0 Å². The minimum atomic E-state index is -0.894. The van der Waals surface area contributed by atoms with Crippen LogP contribution in [0.4, 0.5) is 4.39 Å². The van der Waals surface area contributed by atoms with Crippen LogP contribution in [0.5, 0.6) is 0 Å². The topological polar surface area (TPSA) is 33.1 Å². The van der Waals surface area contributed by atoms with Crippen LogP contribution in [0.15, 0.2) is 72.6 Å². The average Bonchev–Trinajstić information content (AvgIpc) is 3.13.